The molecule has 0 aliphatic rings. The number of allylic oxidation sites excluding steroid dienone is 16. The molecular formula is C67H114O6. The Labute approximate surface area is 451 Å². The first-order valence-electron chi connectivity index (χ1n) is 30.7. The lowest BCUT2D eigenvalue weighted by Gasteiger charge is -2.18. The predicted octanol–water partition coefficient (Wildman–Crippen LogP) is 20.9. The number of rotatable bonds is 55. The summed E-state index contributed by atoms with van der Waals surface area (Å²) in [5.41, 5.74) is 0. The zero-order valence-electron chi connectivity index (χ0n) is 47.9. The van der Waals surface area contributed by atoms with Crippen LogP contribution >= 0.6 is 0 Å². The number of hydrogen-bond donors (Lipinski definition) is 0. The second-order valence-electron chi connectivity index (χ2n) is 20.2. The van der Waals surface area contributed by atoms with E-state index in [-0.39, 0.29) is 37.5 Å². The van der Waals surface area contributed by atoms with E-state index < -0.39 is 6.10 Å². The first-order chi connectivity index (χ1) is 36.0. The van der Waals surface area contributed by atoms with Gasteiger partial charge in [0.05, 0.1) is 0 Å². The molecule has 0 fully saturated rings. The Bertz CT molecular complexity index is 1440. The maximum Gasteiger partial charge on any atom is 0.306 e. The van der Waals surface area contributed by atoms with E-state index in [0.29, 0.717) is 19.3 Å². The molecule has 0 radical (unpaired) electrons. The van der Waals surface area contributed by atoms with E-state index in [9.17, 15) is 14.4 Å². The molecule has 1 atom stereocenters. The minimum Gasteiger partial charge on any atom is -0.462 e. The third kappa shape index (κ3) is 59.1. The fourth-order valence-electron chi connectivity index (χ4n) is 8.46. The summed E-state index contributed by atoms with van der Waals surface area (Å²) < 4.78 is 16.8. The Balaban J connectivity index is 4.31. The summed E-state index contributed by atoms with van der Waals surface area (Å²) >= 11 is 0. The Kier molecular flexibility index (Phi) is 57.8. The number of carbonyl (C=O) groups excluding carboxylic acids is 3. The van der Waals surface area contributed by atoms with Crippen molar-refractivity contribution in [2.45, 2.75) is 297 Å². The van der Waals surface area contributed by atoms with E-state index in [4.69, 9.17) is 14.2 Å². The molecule has 418 valence electrons. The van der Waals surface area contributed by atoms with Crippen molar-refractivity contribution in [3.63, 3.8) is 0 Å². The summed E-state index contributed by atoms with van der Waals surface area (Å²) in [5.74, 6) is -0.994. The third-order valence-corrected chi connectivity index (χ3v) is 13.1. The second-order valence-corrected chi connectivity index (χ2v) is 20.2. The van der Waals surface area contributed by atoms with Crippen molar-refractivity contribution in [3.8, 4) is 0 Å². The average Bonchev–Trinajstić information content (AvgIpc) is 3.39. The minimum absolute atomic E-state index is 0.103. The van der Waals surface area contributed by atoms with Crippen molar-refractivity contribution in [1.29, 1.82) is 0 Å². The standard InChI is InChI=1S/C67H114O6/c1-4-7-10-13-16-19-22-25-27-28-29-30-31-32-33-34-35-36-37-38-40-42-45-48-51-54-57-60-66(69)72-63-64(62-71-65(68)59-56-53-50-47-44-41-24-21-18-15-12-9-6-3)73-67(70)61-58-55-52-49-46-43-39-26-23-20-17-14-11-8-5-2/h9,12,18,21-22,25-26,28-29,31-32,39,41,44,50,53,64H,4-8,10-11,13-17,19-20,23-24,27,30,33-38,40,42-43,45-49,51-52,54-63H2,1-3H3/b12-9-,21-18-,25-22-,29-28-,32-31-,39-26-,44-41-,53-50-. The lowest BCUT2D eigenvalue weighted by molar-refractivity contribution is -0.166. The van der Waals surface area contributed by atoms with Crippen LogP contribution in [0.3, 0.4) is 0 Å². The fourth-order valence-corrected chi connectivity index (χ4v) is 8.46. The van der Waals surface area contributed by atoms with Gasteiger partial charge in [-0.05, 0) is 109 Å². The quantitative estimate of drug-likeness (QED) is 0.0261. The summed E-state index contributed by atoms with van der Waals surface area (Å²) in [6, 6.07) is 0. The second kappa shape index (κ2) is 60.9. The van der Waals surface area contributed by atoms with Crippen LogP contribution in [0.25, 0.3) is 0 Å². The van der Waals surface area contributed by atoms with Gasteiger partial charge in [-0.1, -0.05) is 259 Å². The molecule has 0 spiro atoms. The van der Waals surface area contributed by atoms with E-state index in [0.717, 1.165) is 89.9 Å². The number of unbranched alkanes of at least 4 members (excludes halogenated alkanes) is 28. The fraction of sp³-hybridized carbons (Fsp3) is 0.716. The third-order valence-electron chi connectivity index (χ3n) is 13.1. The minimum atomic E-state index is -0.812. The molecule has 0 N–H and O–H groups in total. The predicted molar refractivity (Wildman–Crippen MR) is 316 cm³/mol. The van der Waals surface area contributed by atoms with E-state index in [1.807, 2.05) is 6.08 Å². The van der Waals surface area contributed by atoms with E-state index in [1.54, 1.807) is 0 Å². The molecule has 0 amide bonds. The van der Waals surface area contributed by atoms with Crippen molar-refractivity contribution in [2.75, 3.05) is 13.2 Å². The van der Waals surface area contributed by atoms with Gasteiger partial charge in [-0.3, -0.25) is 14.4 Å². The van der Waals surface area contributed by atoms with Crippen molar-refractivity contribution in [1.82, 2.24) is 0 Å². The monoisotopic (exact) mass is 1010 g/mol. The molecule has 0 aliphatic carbocycles. The van der Waals surface area contributed by atoms with Crippen LogP contribution in [0.1, 0.15) is 290 Å². The van der Waals surface area contributed by atoms with Gasteiger partial charge in [0.25, 0.3) is 0 Å². The van der Waals surface area contributed by atoms with Gasteiger partial charge in [-0.15, -0.1) is 0 Å². The average molecular weight is 1020 g/mol. The molecule has 1 unspecified atom stereocenters. The smallest absolute Gasteiger partial charge is 0.306 e. The van der Waals surface area contributed by atoms with Crippen molar-refractivity contribution >= 4 is 17.9 Å². The normalized spacial score (nSPS) is 12.8. The van der Waals surface area contributed by atoms with Crippen molar-refractivity contribution < 1.29 is 28.6 Å². The van der Waals surface area contributed by atoms with Gasteiger partial charge in [0.1, 0.15) is 13.2 Å². The highest BCUT2D eigenvalue weighted by molar-refractivity contribution is 5.71. The molecule has 73 heavy (non-hydrogen) atoms. The Hall–Kier alpha value is -3.67. The van der Waals surface area contributed by atoms with Crippen LogP contribution in [-0.2, 0) is 28.6 Å². The molecule has 0 aromatic rings. The maximum atomic E-state index is 12.9. The van der Waals surface area contributed by atoms with E-state index >= 15 is 0 Å². The molecule has 0 saturated heterocycles. The summed E-state index contributed by atoms with van der Waals surface area (Å²) in [7, 11) is 0. The molecule has 0 aromatic heterocycles. The van der Waals surface area contributed by atoms with Crippen LogP contribution in [0.15, 0.2) is 97.2 Å². The van der Waals surface area contributed by atoms with Gasteiger partial charge in [-0.2, -0.15) is 0 Å². The number of carbonyl (C=O) groups is 3. The molecule has 0 bridgehead atoms. The zero-order chi connectivity index (χ0) is 52.9. The van der Waals surface area contributed by atoms with Gasteiger partial charge in [-0.25, -0.2) is 0 Å². The first kappa shape index (κ1) is 69.3. The van der Waals surface area contributed by atoms with Crippen molar-refractivity contribution in [3.05, 3.63) is 97.2 Å². The maximum absolute atomic E-state index is 12.9. The highest BCUT2D eigenvalue weighted by Gasteiger charge is 2.19. The van der Waals surface area contributed by atoms with Crippen molar-refractivity contribution in [2.24, 2.45) is 0 Å². The number of ether oxygens (including phenoxy) is 3. The summed E-state index contributed by atoms with van der Waals surface area (Å²) in [5, 5.41) is 0. The molecule has 0 saturated carbocycles. The topological polar surface area (TPSA) is 78.9 Å². The molecular weight excluding hydrogens is 901 g/mol. The van der Waals surface area contributed by atoms with Crippen LogP contribution in [-0.4, -0.2) is 37.2 Å². The summed E-state index contributed by atoms with van der Waals surface area (Å²) in [6.45, 7) is 6.45. The Morgan fingerprint density at radius 2 is 0.562 bits per heavy atom. The van der Waals surface area contributed by atoms with Crippen LogP contribution in [0.4, 0.5) is 0 Å². The Morgan fingerprint density at radius 1 is 0.288 bits per heavy atom. The zero-order valence-corrected chi connectivity index (χ0v) is 47.9. The molecule has 0 heterocycles. The number of esters is 3. The lowest BCUT2D eigenvalue weighted by Crippen LogP contribution is -2.30. The molecule has 6 nitrogen and oxygen atoms in total. The highest BCUT2D eigenvalue weighted by Crippen LogP contribution is 2.15. The van der Waals surface area contributed by atoms with Gasteiger partial charge < -0.3 is 14.2 Å². The van der Waals surface area contributed by atoms with Gasteiger partial charge in [0.2, 0.25) is 0 Å². The summed E-state index contributed by atoms with van der Waals surface area (Å²) in [4.78, 5) is 38.1. The lowest BCUT2D eigenvalue weighted by atomic mass is 10.0. The van der Waals surface area contributed by atoms with Gasteiger partial charge in [0.15, 0.2) is 6.10 Å². The molecule has 0 aromatic carbocycles. The number of hydrogen-bond acceptors (Lipinski definition) is 6. The molecule has 6 heteroatoms. The molecule has 0 rings (SSSR count). The van der Waals surface area contributed by atoms with E-state index in [1.165, 1.54) is 154 Å². The van der Waals surface area contributed by atoms with Crippen LogP contribution in [0, 0.1) is 0 Å². The summed E-state index contributed by atoms with van der Waals surface area (Å²) in [6.07, 6.45) is 81.4. The van der Waals surface area contributed by atoms with Gasteiger partial charge in [0, 0.05) is 19.3 Å². The highest BCUT2D eigenvalue weighted by atomic mass is 16.6. The van der Waals surface area contributed by atoms with E-state index in [2.05, 4.69) is 112 Å². The van der Waals surface area contributed by atoms with Crippen LogP contribution in [0.5, 0.6) is 0 Å². The van der Waals surface area contributed by atoms with Gasteiger partial charge >= 0.3 is 17.9 Å². The molecule has 0 aliphatic heterocycles. The largest absolute Gasteiger partial charge is 0.462 e. The SMILES string of the molecule is CC/C=C\C/C=C\C/C=C\C/C=C\CCC(=O)OCC(COC(=O)CCCCCCCCCCCCCC/C=C\C/C=C\C/C=C\CCCCCCC)OC(=O)CCCCCCC/C=C\CCCCCCCC. The van der Waals surface area contributed by atoms with Crippen LogP contribution in [0.2, 0.25) is 0 Å². The Morgan fingerprint density at radius 3 is 0.932 bits per heavy atom. The van der Waals surface area contributed by atoms with Crippen LogP contribution < -0.4 is 0 Å². The first-order valence-corrected chi connectivity index (χ1v) is 30.7.